The van der Waals surface area contributed by atoms with Crippen molar-refractivity contribution >= 4 is 11.3 Å². The second-order valence-electron chi connectivity index (χ2n) is 3.03. The van der Waals surface area contributed by atoms with Gasteiger partial charge in [-0.25, -0.2) is 5.32 Å². The minimum Gasteiger partial charge on any atom is -0.296 e. The van der Waals surface area contributed by atoms with Crippen LogP contribution < -0.4 is 5.32 Å². The van der Waals surface area contributed by atoms with Gasteiger partial charge in [-0.05, 0) is 11.4 Å². The van der Waals surface area contributed by atoms with Crippen molar-refractivity contribution in [2.24, 2.45) is 0 Å². The maximum absolute atomic E-state index is 4.32. The molecule has 65 valence electrons. The Morgan fingerprint density at radius 2 is 2.25 bits per heavy atom. The van der Waals surface area contributed by atoms with E-state index < -0.39 is 0 Å². The molecule has 0 aliphatic carbocycles. The van der Waals surface area contributed by atoms with Gasteiger partial charge in [-0.3, -0.25) is 4.90 Å². The molecule has 0 aromatic carbocycles. The summed E-state index contributed by atoms with van der Waals surface area (Å²) in [4.78, 5) is 3.94. The minimum absolute atomic E-state index is 1.02. The van der Waals surface area contributed by atoms with Crippen molar-refractivity contribution in [3.05, 3.63) is 22.4 Å². The van der Waals surface area contributed by atoms with Crippen molar-refractivity contribution in [3.8, 4) is 0 Å². The first kappa shape index (κ1) is 8.23. The smallest absolute Gasteiger partial charge is 0.0329 e. The molecule has 0 spiro atoms. The second-order valence-corrected chi connectivity index (χ2v) is 4.06. The van der Waals surface area contributed by atoms with Crippen LogP contribution in [0, 0.1) is 0 Å². The van der Waals surface area contributed by atoms with E-state index >= 15 is 0 Å². The summed E-state index contributed by atoms with van der Waals surface area (Å²) in [5.41, 5.74) is 0. The van der Waals surface area contributed by atoms with Crippen molar-refractivity contribution in [1.82, 2.24) is 10.2 Å². The summed E-state index contributed by atoms with van der Waals surface area (Å²) in [6.07, 6.45) is 0. The molecule has 12 heavy (non-hydrogen) atoms. The monoisotopic (exact) mass is 181 g/mol. The van der Waals surface area contributed by atoms with Gasteiger partial charge in [0.15, 0.2) is 0 Å². The van der Waals surface area contributed by atoms with Gasteiger partial charge >= 0.3 is 0 Å². The number of rotatable bonds is 2. The van der Waals surface area contributed by atoms with Crippen LogP contribution in [0.1, 0.15) is 4.88 Å². The molecule has 0 atom stereocenters. The van der Waals surface area contributed by atoms with Crippen LogP contribution in [-0.2, 0) is 6.54 Å². The van der Waals surface area contributed by atoms with Gasteiger partial charge in [0.25, 0.3) is 0 Å². The molecular weight excluding hydrogens is 168 g/mol. The maximum atomic E-state index is 4.32. The highest BCUT2D eigenvalue weighted by atomic mass is 32.1. The lowest BCUT2D eigenvalue weighted by molar-refractivity contribution is 0.232. The highest BCUT2D eigenvalue weighted by molar-refractivity contribution is 7.09. The Morgan fingerprint density at radius 1 is 1.42 bits per heavy atom. The molecule has 1 fully saturated rings. The average molecular weight is 181 g/mol. The van der Waals surface area contributed by atoms with E-state index in [0.717, 1.165) is 32.7 Å². The Labute approximate surface area is 77.2 Å². The van der Waals surface area contributed by atoms with Crippen LogP contribution in [0.2, 0.25) is 0 Å². The summed E-state index contributed by atoms with van der Waals surface area (Å²) < 4.78 is 0. The van der Waals surface area contributed by atoms with Gasteiger partial charge in [-0.2, -0.15) is 0 Å². The van der Waals surface area contributed by atoms with Crippen LogP contribution in [0.3, 0.4) is 0 Å². The third kappa shape index (κ3) is 2.06. The third-order valence-electron chi connectivity index (χ3n) is 2.11. The molecule has 3 heteroatoms. The van der Waals surface area contributed by atoms with E-state index in [4.69, 9.17) is 0 Å². The lowest BCUT2D eigenvalue weighted by Gasteiger charge is -2.25. The van der Waals surface area contributed by atoms with Crippen LogP contribution in [0.5, 0.6) is 0 Å². The third-order valence-corrected chi connectivity index (χ3v) is 2.97. The molecular formula is C9H13N2S. The van der Waals surface area contributed by atoms with E-state index in [1.165, 1.54) is 4.88 Å². The van der Waals surface area contributed by atoms with Crippen LogP contribution in [0.15, 0.2) is 17.5 Å². The Bertz CT molecular complexity index is 214. The highest BCUT2D eigenvalue weighted by Gasteiger charge is 2.10. The molecule has 1 aliphatic rings. The standard InChI is InChI=1S/C9H13N2S/c1-2-9(12-7-1)8-11-5-3-10-4-6-11/h1-2,7H,3-6,8H2. The first-order chi connectivity index (χ1) is 5.95. The molecule has 1 aliphatic heterocycles. The molecule has 2 nitrogen and oxygen atoms in total. The van der Waals surface area contributed by atoms with Crippen molar-refractivity contribution in [2.75, 3.05) is 26.2 Å². The van der Waals surface area contributed by atoms with Crippen molar-refractivity contribution in [2.45, 2.75) is 6.54 Å². The Morgan fingerprint density at radius 3 is 2.92 bits per heavy atom. The maximum Gasteiger partial charge on any atom is 0.0329 e. The molecule has 0 unspecified atom stereocenters. The number of nitrogens with zero attached hydrogens (tertiary/aromatic N) is 2. The topological polar surface area (TPSA) is 17.3 Å². The van der Waals surface area contributed by atoms with Crippen molar-refractivity contribution in [1.29, 1.82) is 0 Å². The fourth-order valence-corrected chi connectivity index (χ4v) is 2.18. The zero-order valence-electron chi connectivity index (χ0n) is 7.07. The predicted molar refractivity (Wildman–Crippen MR) is 51.5 cm³/mol. The molecule has 1 radical (unpaired) electrons. The minimum atomic E-state index is 1.02. The summed E-state index contributed by atoms with van der Waals surface area (Å²) in [6.45, 7) is 5.43. The molecule has 0 bridgehead atoms. The Balaban J connectivity index is 1.86. The summed E-state index contributed by atoms with van der Waals surface area (Å²) in [7, 11) is 0. The Hall–Kier alpha value is -0.380. The number of piperazine rings is 1. The first-order valence-corrected chi connectivity index (χ1v) is 5.21. The lowest BCUT2D eigenvalue weighted by Crippen LogP contribution is -2.39. The summed E-state index contributed by atoms with van der Waals surface area (Å²) in [6, 6.07) is 4.32. The summed E-state index contributed by atoms with van der Waals surface area (Å²) in [5, 5.41) is 6.46. The summed E-state index contributed by atoms with van der Waals surface area (Å²) >= 11 is 1.84. The molecule has 2 rings (SSSR count). The average Bonchev–Trinajstić information content (AvgIpc) is 2.59. The molecule has 1 aromatic rings. The first-order valence-electron chi connectivity index (χ1n) is 4.33. The number of hydrogen-bond acceptors (Lipinski definition) is 2. The molecule has 1 saturated heterocycles. The van der Waals surface area contributed by atoms with Gasteiger partial charge in [0, 0.05) is 37.6 Å². The van der Waals surface area contributed by atoms with E-state index in [1.807, 2.05) is 11.3 Å². The fraction of sp³-hybridized carbons (Fsp3) is 0.556. The number of hydrogen-bond donors (Lipinski definition) is 0. The highest BCUT2D eigenvalue weighted by Crippen LogP contribution is 2.11. The molecule has 0 amide bonds. The van der Waals surface area contributed by atoms with Crippen LogP contribution in [-0.4, -0.2) is 31.1 Å². The van der Waals surface area contributed by atoms with Gasteiger partial charge in [0.05, 0.1) is 0 Å². The predicted octanol–water partition coefficient (Wildman–Crippen LogP) is 1.17. The van der Waals surface area contributed by atoms with Gasteiger partial charge < -0.3 is 0 Å². The summed E-state index contributed by atoms with van der Waals surface area (Å²) in [5.74, 6) is 0. The van der Waals surface area contributed by atoms with Crippen LogP contribution in [0.25, 0.3) is 0 Å². The molecule has 2 heterocycles. The van der Waals surface area contributed by atoms with E-state index in [-0.39, 0.29) is 0 Å². The van der Waals surface area contributed by atoms with Crippen LogP contribution >= 0.6 is 11.3 Å². The van der Waals surface area contributed by atoms with E-state index in [9.17, 15) is 0 Å². The van der Waals surface area contributed by atoms with Gasteiger partial charge in [-0.15, -0.1) is 11.3 Å². The zero-order valence-corrected chi connectivity index (χ0v) is 7.89. The molecule has 1 aromatic heterocycles. The van der Waals surface area contributed by atoms with Crippen LogP contribution in [0.4, 0.5) is 0 Å². The SMILES string of the molecule is c1csc(CN2CC[N]CC2)c1. The van der Waals surface area contributed by atoms with E-state index in [2.05, 4.69) is 27.7 Å². The quantitative estimate of drug-likeness (QED) is 0.669. The second kappa shape index (κ2) is 4.03. The Kier molecular flexibility index (Phi) is 2.76. The van der Waals surface area contributed by atoms with Gasteiger partial charge in [0.1, 0.15) is 0 Å². The van der Waals surface area contributed by atoms with Crippen molar-refractivity contribution in [3.63, 3.8) is 0 Å². The zero-order chi connectivity index (χ0) is 8.23. The largest absolute Gasteiger partial charge is 0.296 e. The van der Waals surface area contributed by atoms with Crippen molar-refractivity contribution < 1.29 is 0 Å². The normalized spacial score (nSPS) is 19.7. The van der Waals surface area contributed by atoms with E-state index in [0.29, 0.717) is 0 Å². The number of thiophene rings is 1. The molecule has 0 N–H and O–H groups in total. The van der Waals surface area contributed by atoms with Gasteiger partial charge in [0.2, 0.25) is 0 Å². The lowest BCUT2D eigenvalue weighted by atomic mass is 10.3. The van der Waals surface area contributed by atoms with E-state index in [1.54, 1.807) is 0 Å². The molecule has 0 saturated carbocycles. The van der Waals surface area contributed by atoms with Gasteiger partial charge in [-0.1, -0.05) is 6.07 Å². The fourth-order valence-electron chi connectivity index (χ4n) is 1.43.